The normalized spacial score (nSPS) is 17.1. The van der Waals surface area contributed by atoms with Gasteiger partial charge in [-0.15, -0.1) is 0 Å². The Kier molecular flexibility index (Phi) is 4.65. The molecule has 1 aliphatic heterocycles. The maximum absolute atomic E-state index is 9.88. The molecular formula is C20H21N5O2. The zero-order chi connectivity index (χ0) is 18.8. The maximum Gasteiger partial charge on any atom is 0.138 e. The molecule has 1 saturated heterocycles. The summed E-state index contributed by atoms with van der Waals surface area (Å²) in [7, 11) is 0. The third-order valence-electron chi connectivity index (χ3n) is 4.80. The Balaban J connectivity index is 1.75. The second-order valence-electron chi connectivity index (χ2n) is 6.63. The summed E-state index contributed by atoms with van der Waals surface area (Å²) in [6.45, 7) is 3.98. The van der Waals surface area contributed by atoms with E-state index in [0.29, 0.717) is 24.5 Å². The Labute approximate surface area is 157 Å². The van der Waals surface area contributed by atoms with E-state index in [2.05, 4.69) is 21.1 Å². The fourth-order valence-corrected chi connectivity index (χ4v) is 3.54. The van der Waals surface area contributed by atoms with Crippen molar-refractivity contribution in [1.82, 2.24) is 14.6 Å². The maximum atomic E-state index is 9.88. The van der Waals surface area contributed by atoms with Gasteiger partial charge in [-0.3, -0.25) is 0 Å². The third-order valence-corrected chi connectivity index (χ3v) is 4.80. The van der Waals surface area contributed by atoms with E-state index in [1.54, 1.807) is 23.1 Å². The molecule has 27 heavy (non-hydrogen) atoms. The predicted octanol–water partition coefficient (Wildman–Crippen LogP) is 2.63. The van der Waals surface area contributed by atoms with Gasteiger partial charge in [0.15, 0.2) is 0 Å². The highest BCUT2D eigenvalue weighted by molar-refractivity contribution is 5.85. The summed E-state index contributed by atoms with van der Waals surface area (Å²) < 4.78 is 7.32. The third kappa shape index (κ3) is 3.32. The van der Waals surface area contributed by atoms with Crippen LogP contribution in [-0.4, -0.2) is 45.5 Å². The summed E-state index contributed by atoms with van der Waals surface area (Å²) in [6.07, 6.45) is 6.65. The van der Waals surface area contributed by atoms with Crippen LogP contribution in [0.5, 0.6) is 5.75 Å². The Morgan fingerprint density at radius 1 is 1.37 bits per heavy atom. The summed E-state index contributed by atoms with van der Waals surface area (Å²) >= 11 is 0. The molecule has 1 aliphatic rings. The highest BCUT2D eigenvalue weighted by atomic mass is 16.5. The molecule has 0 spiro atoms. The first-order valence-electron chi connectivity index (χ1n) is 9.13. The predicted molar refractivity (Wildman–Crippen MR) is 102 cm³/mol. The average molecular weight is 363 g/mol. The SMILES string of the molecule is CCOc1cc(-c2ccc(N3CCC[C@H](O)C3)nc2)c2c(C#N)cnn2c1. The van der Waals surface area contributed by atoms with Crippen LogP contribution in [0.3, 0.4) is 0 Å². The smallest absolute Gasteiger partial charge is 0.138 e. The first kappa shape index (κ1) is 17.3. The van der Waals surface area contributed by atoms with E-state index in [-0.39, 0.29) is 6.10 Å². The van der Waals surface area contributed by atoms with Gasteiger partial charge in [-0.05, 0) is 38.0 Å². The molecule has 4 heterocycles. The molecule has 7 heteroatoms. The summed E-state index contributed by atoms with van der Waals surface area (Å²) in [5.41, 5.74) is 2.99. The van der Waals surface area contributed by atoms with Crippen LogP contribution in [0.25, 0.3) is 16.6 Å². The number of piperidine rings is 1. The molecule has 0 aliphatic carbocycles. The van der Waals surface area contributed by atoms with Crippen molar-refractivity contribution < 1.29 is 9.84 Å². The second kappa shape index (κ2) is 7.25. The number of aliphatic hydroxyl groups excluding tert-OH is 1. The van der Waals surface area contributed by atoms with Gasteiger partial charge < -0.3 is 14.7 Å². The van der Waals surface area contributed by atoms with Crippen LogP contribution in [0, 0.1) is 11.3 Å². The lowest BCUT2D eigenvalue weighted by molar-refractivity contribution is 0.154. The second-order valence-corrected chi connectivity index (χ2v) is 6.63. The monoisotopic (exact) mass is 363 g/mol. The van der Waals surface area contributed by atoms with Crippen LogP contribution in [0.1, 0.15) is 25.3 Å². The Morgan fingerprint density at radius 2 is 2.26 bits per heavy atom. The fraction of sp³-hybridized carbons (Fsp3) is 0.350. The molecule has 138 valence electrons. The Bertz CT molecular complexity index is 990. The molecule has 4 rings (SSSR count). The summed E-state index contributed by atoms with van der Waals surface area (Å²) in [6, 6.07) is 8.06. The minimum absolute atomic E-state index is 0.298. The number of aliphatic hydroxyl groups is 1. The van der Waals surface area contributed by atoms with Gasteiger partial charge in [0.2, 0.25) is 0 Å². The van der Waals surface area contributed by atoms with Gasteiger partial charge in [0, 0.05) is 30.4 Å². The lowest BCUT2D eigenvalue weighted by Crippen LogP contribution is -2.38. The number of aromatic nitrogens is 3. The summed E-state index contributed by atoms with van der Waals surface area (Å²) in [5.74, 6) is 1.54. The molecule has 0 amide bonds. The van der Waals surface area contributed by atoms with Gasteiger partial charge in [0.05, 0.1) is 36.2 Å². The van der Waals surface area contributed by atoms with Crippen LogP contribution in [0.2, 0.25) is 0 Å². The minimum Gasteiger partial charge on any atom is -0.492 e. The molecule has 0 aromatic carbocycles. The van der Waals surface area contributed by atoms with Crippen molar-refractivity contribution in [1.29, 1.82) is 5.26 Å². The van der Waals surface area contributed by atoms with Gasteiger partial charge in [0.1, 0.15) is 17.6 Å². The number of ether oxygens (including phenoxy) is 1. The number of nitriles is 1. The van der Waals surface area contributed by atoms with Crippen molar-refractivity contribution in [3.8, 4) is 22.9 Å². The van der Waals surface area contributed by atoms with Crippen molar-refractivity contribution in [2.45, 2.75) is 25.9 Å². The molecule has 7 nitrogen and oxygen atoms in total. The van der Waals surface area contributed by atoms with Crippen LogP contribution in [0.15, 0.2) is 36.8 Å². The lowest BCUT2D eigenvalue weighted by atomic mass is 10.0. The molecule has 0 unspecified atom stereocenters. The number of rotatable bonds is 4. The van der Waals surface area contributed by atoms with E-state index in [9.17, 15) is 10.4 Å². The molecule has 1 N–H and O–H groups in total. The Hall–Kier alpha value is -3.11. The van der Waals surface area contributed by atoms with Gasteiger partial charge >= 0.3 is 0 Å². The molecular weight excluding hydrogens is 342 g/mol. The van der Waals surface area contributed by atoms with Crippen LogP contribution < -0.4 is 9.64 Å². The molecule has 0 saturated carbocycles. The highest BCUT2D eigenvalue weighted by Crippen LogP contribution is 2.31. The number of nitrogens with zero attached hydrogens (tertiary/aromatic N) is 5. The van der Waals surface area contributed by atoms with Crippen molar-refractivity contribution in [3.63, 3.8) is 0 Å². The van der Waals surface area contributed by atoms with Crippen molar-refractivity contribution in [2.24, 2.45) is 0 Å². The largest absolute Gasteiger partial charge is 0.492 e. The van der Waals surface area contributed by atoms with Crippen molar-refractivity contribution in [3.05, 3.63) is 42.4 Å². The number of fused-ring (bicyclic) bond motifs is 1. The molecule has 1 atom stereocenters. The van der Waals surface area contributed by atoms with Gasteiger partial charge in [-0.2, -0.15) is 10.4 Å². The van der Waals surface area contributed by atoms with E-state index in [0.717, 1.165) is 41.8 Å². The van der Waals surface area contributed by atoms with E-state index in [1.807, 2.05) is 25.1 Å². The summed E-state index contributed by atoms with van der Waals surface area (Å²) in [4.78, 5) is 6.70. The molecule has 3 aromatic heterocycles. The van der Waals surface area contributed by atoms with Crippen LogP contribution >= 0.6 is 0 Å². The highest BCUT2D eigenvalue weighted by Gasteiger charge is 2.19. The fourth-order valence-electron chi connectivity index (χ4n) is 3.54. The first-order valence-corrected chi connectivity index (χ1v) is 9.13. The zero-order valence-electron chi connectivity index (χ0n) is 15.2. The van der Waals surface area contributed by atoms with Crippen molar-refractivity contribution in [2.75, 3.05) is 24.6 Å². The number of anilines is 1. The van der Waals surface area contributed by atoms with E-state index in [4.69, 9.17) is 4.74 Å². The van der Waals surface area contributed by atoms with Crippen LogP contribution in [-0.2, 0) is 0 Å². The van der Waals surface area contributed by atoms with Crippen molar-refractivity contribution >= 4 is 11.3 Å². The van der Waals surface area contributed by atoms with Crippen LogP contribution in [0.4, 0.5) is 5.82 Å². The first-order chi connectivity index (χ1) is 13.2. The zero-order valence-corrected chi connectivity index (χ0v) is 15.2. The molecule has 1 fully saturated rings. The molecule has 0 bridgehead atoms. The lowest BCUT2D eigenvalue weighted by Gasteiger charge is -2.31. The number of pyridine rings is 2. The van der Waals surface area contributed by atoms with E-state index >= 15 is 0 Å². The van der Waals surface area contributed by atoms with E-state index in [1.165, 1.54) is 0 Å². The number of hydrogen-bond donors (Lipinski definition) is 1. The van der Waals surface area contributed by atoms with E-state index < -0.39 is 0 Å². The quantitative estimate of drug-likeness (QED) is 0.767. The number of β-amino-alcohol motifs (C(OH)–C–C–N with tert-alkyl or cyclic N) is 1. The Morgan fingerprint density at radius 3 is 2.96 bits per heavy atom. The standard InChI is InChI=1S/C20H21N5O2/c1-2-27-17-8-18(20-15(9-21)11-23-25(20)13-17)14-5-6-19(22-10-14)24-7-3-4-16(26)12-24/h5-6,8,10-11,13,16,26H,2-4,7,12H2,1H3/t16-/m0/s1. The number of hydrogen-bond acceptors (Lipinski definition) is 6. The molecule has 3 aromatic rings. The van der Waals surface area contributed by atoms with Gasteiger partial charge in [0.25, 0.3) is 0 Å². The average Bonchev–Trinajstić information content (AvgIpc) is 3.11. The van der Waals surface area contributed by atoms with Gasteiger partial charge in [-0.1, -0.05) is 0 Å². The topological polar surface area (TPSA) is 86.7 Å². The summed E-state index contributed by atoms with van der Waals surface area (Å²) in [5, 5.41) is 23.6. The minimum atomic E-state index is -0.298. The van der Waals surface area contributed by atoms with Gasteiger partial charge in [-0.25, -0.2) is 9.50 Å². The molecule has 0 radical (unpaired) electrons.